The molecule has 0 unspecified atom stereocenters. The zero-order chi connectivity index (χ0) is 10.3. The lowest BCUT2D eigenvalue weighted by molar-refractivity contribution is 0.581. The summed E-state index contributed by atoms with van der Waals surface area (Å²) in [5, 5.41) is 1.15. The first-order valence-corrected chi connectivity index (χ1v) is 5.07. The molecular weight excluding hydrogens is 194 g/mol. The number of nitrogens with zero attached hydrogens (tertiary/aromatic N) is 2. The molecule has 3 nitrogen and oxygen atoms in total. The summed E-state index contributed by atoms with van der Waals surface area (Å²) in [5.74, 6) is 0. The van der Waals surface area contributed by atoms with Gasteiger partial charge in [0.2, 0.25) is 4.77 Å². The zero-order valence-electron chi connectivity index (χ0n) is 8.53. The smallest absolute Gasteiger partial charge is 0.201 e. The van der Waals surface area contributed by atoms with Gasteiger partial charge in [-0.1, -0.05) is 0 Å². The number of H-pyrrole nitrogens is 1. The van der Waals surface area contributed by atoms with Gasteiger partial charge in [-0.15, -0.1) is 0 Å². The van der Waals surface area contributed by atoms with Crippen LogP contribution >= 0.6 is 12.2 Å². The van der Waals surface area contributed by atoms with Gasteiger partial charge in [-0.05, 0) is 38.6 Å². The molecule has 2 aromatic rings. The molecule has 2 heterocycles. The molecule has 0 aliphatic carbocycles. The first kappa shape index (κ1) is 9.40. The molecule has 0 aliphatic heterocycles. The predicted octanol–water partition coefficient (Wildman–Crippen LogP) is 2.98. The standard InChI is InChI=1S/C10H13N3S/c1-6(2)13-5-8-7(3)4-11-9(8)12-10(13)14/h4-6H,1-3H3,(H,11,12,14). The quantitative estimate of drug-likeness (QED) is 0.729. The molecule has 0 saturated carbocycles. The van der Waals surface area contributed by atoms with Gasteiger partial charge in [-0.25, -0.2) is 4.98 Å². The minimum absolute atomic E-state index is 0.355. The molecule has 0 radical (unpaired) electrons. The van der Waals surface area contributed by atoms with E-state index in [0.29, 0.717) is 10.8 Å². The molecule has 14 heavy (non-hydrogen) atoms. The van der Waals surface area contributed by atoms with E-state index in [4.69, 9.17) is 12.2 Å². The van der Waals surface area contributed by atoms with E-state index in [1.807, 2.05) is 10.8 Å². The maximum absolute atomic E-state index is 5.20. The summed E-state index contributed by atoms with van der Waals surface area (Å²) in [6.07, 6.45) is 4.03. The van der Waals surface area contributed by atoms with E-state index in [0.717, 1.165) is 11.0 Å². The van der Waals surface area contributed by atoms with Gasteiger partial charge in [-0.3, -0.25) is 0 Å². The number of aromatic nitrogens is 3. The van der Waals surface area contributed by atoms with Crippen LogP contribution < -0.4 is 0 Å². The highest BCUT2D eigenvalue weighted by Crippen LogP contribution is 2.17. The number of aromatic amines is 1. The van der Waals surface area contributed by atoms with E-state index in [9.17, 15) is 0 Å². The number of rotatable bonds is 1. The summed E-state index contributed by atoms with van der Waals surface area (Å²) in [5.41, 5.74) is 2.08. The molecule has 0 bridgehead atoms. The van der Waals surface area contributed by atoms with Crippen molar-refractivity contribution < 1.29 is 0 Å². The maximum Gasteiger partial charge on any atom is 0.201 e. The van der Waals surface area contributed by atoms with Crippen LogP contribution in [0.25, 0.3) is 11.0 Å². The van der Waals surface area contributed by atoms with Gasteiger partial charge in [0.15, 0.2) is 0 Å². The normalized spacial score (nSPS) is 11.4. The van der Waals surface area contributed by atoms with Crippen molar-refractivity contribution >= 4 is 23.3 Å². The average molecular weight is 207 g/mol. The maximum atomic E-state index is 5.20. The minimum Gasteiger partial charge on any atom is -0.346 e. The Morgan fingerprint density at radius 1 is 1.50 bits per heavy atom. The Morgan fingerprint density at radius 3 is 2.86 bits per heavy atom. The summed E-state index contributed by atoms with van der Waals surface area (Å²) in [7, 11) is 0. The van der Waals surface area contributed by atoms with Crippen molar-refractivity contribution in [3.8, 4) is 0 Å². The third kappa shape index (κ3) is 1.35. The van der Waals surface area contributed by atoms with Crippen molar-refractivity contribution in [1.82, 2.24) is 14.5 Å². The molecule has 0 aromatic carbocycles. The number of hydrogen-bond acceptors (Lipinski definition) is 2. The van der Waals surface area contributed by atoms with E-state index >= 15 is 0 Å². The average Bonchev–Trinajstić information content (AvgIpc) is 2.46. The molecule has 0 saturated heterocycles. The Kier molecular flexibility index (Phi) is 2.15. The molecule has 4 heteroatoms. The SMILES string of the molecule is Cc1c[nH]c2nc(=S)n(C(C)C)cc12. The second kappa shape index (κ2) is 3.20. The summed E-state index contributed by atoms with van der Waals surface area (Å²) < 4.78 is 2.65. The summed E-state index contributed by atoms with van der Waals surface area (Å²) in [6.45, 7) is 6.27. The number of aryl methyl sites for hydroxylation is 1. The molecule has 0 fully saturated rings. The minimum atomic E-state index is 0.355. The van der Waals surface area contributed by atoms with Crippen LogP contribution in [0, 0.1) is 11.7 Å². The van der Waals surface area contributed by atoms with Gasteiger partial charge in [0.05, 0.1) is 0 Å². The van der Waals surface area contributed by atoms with Crippen molar-refractivity contribution in [2.24, 2.45) is 0 Å². The Bertz CT molecular complexity index is 522. The second-order valence-electron chi connectivity index (χ2n) is 3.76. The zero-order valence-corrected chi connectivity index (χ0v) is 9.35. The molecule has 74 valence electrons. The van der Waals surface area contributed by atoms with Crippen molar-refractivity contribution in [3.05, 3.63) is 22.7 Å². The van der Waals surface area contributed by atoms with E-state index < -0.39 is 0 Å². The lowest BCUT2D eigenvalue weighted by atomic mass is 10.3. The molecule has 0 atom stereocenters. The Balaban J connectivity index is 2.81. The predicted molar refractivity (Wildman–Crippen MR) is 60.0 cm³/mol. The second-order valence-corrected chi connectivity index (χ2v) is 4.12. The molecule has 0 spiro atoms. The molecule has 2 rings (SSSR count). The fraction of sp³-hybridized carbons (Fsp3) is 0.400. The number of hydrogen-bond donors (Lipinski definition) is 1. The van der Waals surface area contributed by atoms with Crippen LogP contribution in [0.2, 0.25) is 0 Å². The molecule has 0 amide bonds. The number of nitrogens with one attached hydrogen (secondary N) is 1. The fourth-order valence-corrected chi connectivity index (χ4v) is 1.85. The van der Waals surface area contributed by atoms with E-state index in [1.54, 1.807) is 0 Å². The fourth-order valence-electron chi connectivity index (χ4n) is 1.49. The van der Waals surface area contributed by atoms with Crippen molar-refractivity contribution in [2.45, 2.75) is 26.8 Å². The Labute approximate surface area is 87.8 Å². The van der Waals surface area contributed by atoms with Crippen LogP contribution in [0.4, 0.5) is 0 Å². The van der Waals surface area contributed by atoms with Gasteiger partial charge in [0.25, 0.3) is 0 Å². The molecule has 0 aliphatic rings. The van der Waals surface area contributed by atoms with Crippen LogP contribution in [0.5, 0.6) is 0 Å². The van der Waals surface area contributed by atoms with Gasteiger partial charge in [0, 0.05) is 23.8 Å². The summed E-state index contributed by atoms with van der Waals surface area (Å²) >= 11 is 5.20. The highest BCUT2D eigenvalue weighted by atomic mass is 32.1. The van der Waals surface area contributed by atoms with Crippen LogP contribution in [0.3, 0.4) is 0 Å². The lowest BCUT2D eigenvalue weighted by Crippen LogP contribution is -2.04. The topological polar surface area (TPSA) is 33.6 Å². The van der Waals surface area contributed by atoms with Crippen molar-refractivity contribution in [1.29, 1.82) is 0 Å². The molecule has 2 aromatic heterocycles. The van der Waals surface area contributed by atoms with Crippen LogP contribution in [0.15, 0.2) is 12.4 Å². The monoisotopic (exact) mass is 207 g/mol. The van der Waals surface area contributed by atoms with E-state index in [2.05, 4.69) is 36.9 Å². The third-order valence-corrected chi connectivity index (χ3v) is 2.66. The summed E-state index contributed by atoms with van der Waals surface area (Å²) in [4.78, 5) is 7.44. The van der Waals surface area contributed by atoms with Gasteiger partial charge >= 0.3 is 0 Å². The first-order chi connectivity index (χ1) is 6.59. The van der Waals surface area contributed by atoms with Gasteiger partial charge in [-0.2, -0.15) is 0 Å². The van der Waals surface area contributed by atoms with Crippen LogP contribution in [-0.2, 0) is 0 Å². The van der Waals surface area contributed by atoms with Crippen molar-refractivity contribution in [3.63, 3.8) is 0 Å². The highest BCUT2D eigenvalue weighted by Gasteiger charge is 2.05. The van der Waals surface area contributed by atoms with Gasteiger partial charge < -0.3 is 9.55 Å². The van der Waals surface area contributed by atoms with E-state index in [-0.39, 0.29) is 0 Å². The largest absolute Gasteiger partial charge is 0.346 e. The van der Waals surface area contributed by atoms with Gasteiger partial charge in [0.1, 0.15) is 5.65 Å². The van der Waals surface area contributed by atoms with Crippen LogP contribution in [0.1, 0.15) is 25.5 Å². The number of fused-ring (bicyclic) bond motifs is 1. The lowest BCUT2D eigenvalue weighted by Gasteiger charge is -2.10. The Hall–Kier alpha value is -1.16. The summed E-state index contributed by atoms with van der Waals surface area (Å²) in [6, 6.07) is 0.355. The van der Waals surface area contributed by atoms with E-state index in [1.165, 1.54) is 5.56 Å². The Morgan fingerprint density at radius 2 is 2.21 bits per heavy atom. The molecule has 1 N–H and O–H groups in total. The third-order valence-electron chi connectivity index (χ3n) is 2.36. The first-order valence-electron chi connectivity index (χ1n) is 4.66. The molecular formula is C10H13N3S. The van der Waals surface area contributed by atoms with Crippen LogP contribution in [-0.4, -0.2) is 14.5 Å². The highest BCUT2D eigenvalue weighted by molar-refractivity contribution is 7.71. The van der Waals surface area contributed by atoms with Crippen molar-refractivity contribution in [2.75, 3.05) is 0 Å².